The molecular weight excluding hydrogens is 318 g/mol. The van der Waals surface area contributed by atoms with Crippen molar-refractivity contribution in [1.82, 2.24) is 15.0 Å². The van der Waals surface area contributed by atoms with Gasteiger partial charge in [-0.3, -0.25) is 4.98 Å². The largest absolute Gasteiger partial charge is 0.369 e. The number of hydrogen-bond donors (Lipinski definition) is 1. The van der Waals surface area contributed by atoms with Crippen molar-refractivity contribution < 1.29 is 0 Å². The van der Waals surface area contributed by atoms with Crippen molar-refractivity contribution in [3.05, 3.63) is 40.9 Å². The van der Waals surface area contributed by atoms with Crippen molar-refractivity contribution in [2.24, 2.45) is 0 Å². The van der Waals surface area contributed by atoms with Gasteiger partial charge in [-0.15, -0.1) is 0 Å². The topological polar surface area (TPSA) is 53.9 Å². The van der Waals surface area contributed by atoms with E-state index in [4.69, 9.17) is 0 Å². The molecule has 0 fully saturated rings. The Labute approximate surface area is 127 Å². The molecule has 6 heteroatoms. The molecule has 1 N–H and O–H groups in total. The number of pyridine rings is 1. The van der Waals surface area contributed by atoms with Gasteiger partial charge in [-0.25, -0.2) is 9.97 Å². The Balaban J connectivity index is 2.15. The van der Waals surface area contributed by atoms with Crippen LogP contribution in [0.5, 0.6) is 0 Å². The Bertz CT molecular complexity index is 547. The molecule has 20 heavy (non-hydrogen) atoms. The predicted molar refractivity (Wildman–Crippen MR) is 84.9 cm³/mol. The molecule has 2 aromatic heterocycles. The number of nitrogens with one attached hydrogen (secondary N) is 1. The van der Waals surface area contributed by atoms with Crippen LogP contribution in [0, 0.1) is 0 Å². The monoisotopic (exact) mass is 335 g/mol. The van der Waals surface area contributed by atoms with Crippen molar-refractivity contribution in [3.63, 3.8) is 0 Å². The Morgan fingerprint density at radius 3 is 2.70 bits per heavy atom. The van der Waals surface area contributed by atoms with Gasteiger partial charge in [0.2, 0.25) is 0 Å². The van der Waals surface area contributed by atoms with E-state index in [1.807, 2.05) is 19.2 Å². The summed E-state index contributed by atoms with van der Waals surface area (Å²) < 4.78 is 0.894. The number of aromatic nitrogens is 3. The quantitative estimate of drug-likeness (QED) is 0.879. The van der Waals surface area contributed by atoms with Gasteiger partial charge in [0.05, 0.1) is 0 Å². The third kappa shape index (κ3) is 3.66. The fourth-order valence-electron chi connectivity index (χ4n) is 1.83. The first-order chi connectivity index (χ1) is 9.72. The molecule has 2 heterocycles. The van der Waals surface area contributed by atoms with E-state index in [1.54, 1.807) is 18.7 Å². The summed E-state index contributed by atoms with van der Waals surface area (Å²) in [6.07, 6.45) is 6.23. The Hall–Kier alpha value is -1.69. The minimum Gasteiger partial charge on any atom is -0.369 e. The van der Waals surface area contributed by atoms with E-state index in [2.05, 4.69) is 48.0 Å². The lowest BCUT2D eigenvalue weighted by Gasteiger charge is -2.20. The van der Waals surface area contributed by atoms with E-state index < -0.39 is 0 Å². The smallest absolute Gasteiger partial charge is 0.148 e. The predicted octanol–water partition coefficient (Wildman–Crippen LogP) is 3.09. The van der Waals surface area contributed by atoms with Gasteiger partial charge >= 0.3 is 0 Å². The van der Waals surface area contributed by atoms with E-state index in [-0.39, 0.29) is 0 Å². The standard InChI is InChI=1S/C14H18BrN5/c1-3-6-17-13-12(15)14(19-10-18-13)20(2)9-11-4-7-16-8-5-11/h4-5,7-8,10H,3,6,9H2,1-2H3,(H,17,18,19). The van der Waals surface area contributed by atoms with Crippen molar-refractivity contribution in [1.29, 1.82) is 0 Å². The molecule has 0 amide bonds. The second-order valence-corrected chi connectivity index (χ2v) is 5.29. The highest BCUT2D eigenvalue weighted by Crippen LogP contribution is 2.29. The Morgan fingerprint density at radius 2 is 2.00 bits per heavy atom. The highest BCUT2D eigenvalue weighted by atomic mass is 79.9. The van der Waals surface area contributed by atoms with Gasteiger partial charge in [-0.2, -0.15) is 0 Å². The number of nitrogens with zero attached hydrogens (tertiary/aromatic N) is 4. The lowest BCUT2D eigenvalue weighted by atomic mass is 10.2. The van der Waals surface area contributed by atoms with E-state index in [1.165, 1.54) is 5.56 Å². The van der Waals surface area contributed by atoms with Crippen LogP contribution in [0.15, 0.2) is 35.3 Å². The van der Waals surface area contributed by atoms with Gasteiger partial charge in [0.15, 0.2) is 0 Å². The van der Waals surface area contributed by atoms with Crippen molar-refractivity contribution in [3.8, 4) is 0 Å². The van der Waals surface area contributed by atoms with Crippen molar-refractivity contribution >= 4 is 27.6 Å². The second-order valence-electron chi connectivity index (χ2n) is 4.50. The molecule has 0 aliphatic heterocycles. The first kappa shape index (κ1) is 14.7. The van der Waals surface area contributed by atoms with Crippen LogP contribution < -0.4 is 10.2 Å². The summed E-state index contributed by atoms with van der Waals surface area (Å²) in [6, 6.07) is 4.00. The molecule has 0 atom stereocenters. The van der Waals surface area contributed by atoms with Crippen molar-refractivity contribution in [2.75, 3.05) is 23.8 Å². The molecule has 0 saturated heterocycles. The molecule has 5 nitrogen and oxygen atoms in total. The van der Waals surface area contributed by atoms with E-state index >= 15 is 0 Å². The van der Waals surface area contributed by atoms with Crippen LogP contribution in [-0.4, -0.2) is 28.5 Å². The average molecular weight is 336 g/mol. The van der Waals surface area contributed by atoms with E-state index in [9.17, 15) is 0 Å². The zero-order valence-corrected chi connectivity index (χ0v) is 13.3. The molecule has 2 rings (SSSR count). The van der Waals surface area contributed by atoms with Crippen LogP contribution in [0.2, 0.25) is 0 Å². The summed E-state index contributed by atoms with van der Waals surface area (Å²) in [7, 11) is 2.01. The molecule has 0 radical (unpaired) electrons. The van der Waals surface area contributed by atoms with Crippen LogP contribution in [0.4, 0.5) is 11.6 Å². The molecule has 0 spiro atoms. The van der Waals surface area contributed by atoms with Crippen molar-refractivity contribution in [2.45, 2.75) is 19.9 Å². The summed E-state index contributed by atoms with van der Waals surface area (Å²) in [6.45, 7) is 3.78. The van der Waals surface area contributed by atoms with E-state index in [0.29, 0.717) is 0 Å². The van der Waals surface area contributed by atoms with Gasteiger partial charge in [0.1, 0.15) is 22.4 Å². The first-order valence-corrected chi connectivity index (χ1v) is 7.36. The summed E-state index contributed by atoms with van der Waals surface area (Å²) in [5.41, 5.74) is 1.19. The molecule has 0 bridgehead atoms. The van der Waals surface area contributed by atoms with Crippen LogP contribution in [-0.2, 0) is 6.54 Å². The maximum Gasteiger partial charge on any atom is 0.148 e. The Kier molecular flexibility index (Phi) is 5.29. The second kappa shape index (κ2) is 7.19. The van der Waals surface area contributed by atoms with E-state index in [0.717, 1.165) is 35.6 Å². The first-order valence-electron chi connectivity index (χ1n) is 6.56. The molecule has 0 aliphatic carbocycles. The molecule has 0 aromatic carbocycles. The maximum atomic E-state index is 4.36. The van der Waals surface area contributed by atoms with Gasteiger partial charge in [0, 0.05) is 32.5 Å². The molecule has 0 unspecified atom stereocenters. The van der Waals surface area contributed by atoms with Gasteiger partial charge in [-0.1, -0.05) is 6.92 Å². The lowest BCUT2D eigenvalue weighted by Crippen LogP contribution is -2.19. The van der Waals surface area contributed by atoms with Gasteiger partial charge in [-0.05, 0) is 40.0 Å². The zero-order chi connectivity index (χ0) is 14.4. The SMILES string of the molecule is CCCNc1ncnc(N(C)Cc2ccncc2)c1Br. The highest BCUT2D eigenvalue weighted by molar-refractivity contribution is 9.10. The number of anilines is 2. The fourth-order valence-corrected chi connectivity index (χ4v) is 2.48. The number of rotatable bonds is 6. The fraction of sp³-hybridized carbons (Fsp3) is 0.357. The van der Waals surface area contributed by atoms with Crippen LogP contribution in [0.3, 0.4) is 0 Å². The Morgan fingerprint density at radius 1 is 1.25 bits per heavy atom. The minimum absolute atomic E-state index is 0.769. The highest BCUT2D eigenvalue weighted by Gasteiger charge is 2.12. The van der Waals surface area contributed by atoms with Gasteiger partial charge < -0.3 is 10.2 Å². The van der Waals surface area contributed by atoms with Gasteiger partial charge in [0.25, 0.3) is 0 Å². The molecular formula is C14H18BrN5. The summed E-state index contributed by atoms with van der Waals surface area (Å²) in [4.78, 5) is 14.7. The third-order valence-corrected chi connectivity index (χ3v) is 3.57. The summed E-state index contributed by atoms with van der Waals surface area (Å²) in [5, 5.41) is 3.29. The molecule has 0 saturated carbocycles. The number of hydrogen-bond acceptors (Lipinski definition) is 5. The summed E-state index contributed by atoms with van der Waals surface area (Å²) >= 11 is 3.58. The van der Waals surface area contributed by atoms with Crippen LogP contribution in [0.25, 0.3) is 0 Å². The normalized spacial score (nSPS) is 10.3. The third-order valence-electron chi connectivity index (χ3n) is 2.84. The lowest BCUT2D eigenvalue weighted by molar-refractivity contribution is 0.880. The summed E-state index contributed by atoms with van der Waals surface area (Å²) in [5.74, 6) is 1.70. The number of halogens is 1. The minimum atomic E-state index is 0.769. The van der Waals surface area contributed by atoms with Crippen LogP contribution in [0.1, 0.15) is 18.9 Å². The maximum absolute atomic E-state index is 4.36. The van der Waals surface area contributed by atoms with Crippen LogP contribution >= 0.6 is 15.9 Å². The molecule has 0 aliphatic rings. The average Bonchev–Trinajstić information content (AvgIpc) is 2.47. The zero-order valence-electron chi connectivity index (χ0n) is 11.7. The molecule has 2 aromatic rings. The molecule has 106 valence electrons.